The highest BCUT2D eigenvalue weighted by Gasteiger charge is 1.78. The van der Waals surface area contributed by atoms with Crippen LogP contribution in [0.2, 0.25) is 0 Å². The van der Waals surface area contributed by atoms with Crippen LogP contribution in [0.25, 0.3) is 0 Å². The lowest BCUT2D eigenvalue weighted by atomic mass is 10.2. The Kier molecular flexibility index (Phi) is 16.4. The van der Waals surface area contributed by atoms with E-state index in [0.717, 1.165) is 31.5 Å². The minimum atomic E-state index is 0.722. The van der Waals surface area contributed by atoms with Gasteiger partial charge < -0.3 is 0 Å². The molecule has 1 nitrogen and oxygen atoms in total. The molecule has 0 amide bonds. The molecule has 0 aromatic rings. The third-order valence-electron chi connectivity index (χ3n) is 1.43. The maximum Gasteiger partial charge on any atom is 0.142 e. The first-order valence-corrected chi connectivity index (χ1v) is 5.45. The van der Waals surface area contributed by atoms with Crippen LogP contribution < -0.4 is 0 Å². The van der Waals surface area contributed by atoms with Crippen LogP contribution in [-0.4, -0.2) is 6.29 Å². The molecule has 0 atom stereocenters. The molecule has 0 fully saturated rings. The van der Waals surface area contributed by atoms with E-state index in [1.165, 1.54) is 6.08 Å². The van der Waals surface area contributed by atoms with Gasteiger partial charge in [0.05, 0.1) is 0 Å². The molecule has 0 heterocycles. The average Bonchev–Trinajstić information content (AvgIpc) is 2.16. The summed E-state index contributed by atoms with van der Waals surface area (Å²) < 4.78 is 0. The highest BCUT2D eigenvalue weighted by atomic mass is 16.1. The molecular weight excluding hydrogens is 172 g/mol. The van der Waals surface area contributed by atoms with E-state index in [1.54, 1.807) is 0 Å². The van der Waals surface area contributed by atoms with Crippen molar-refractivity contribution in [3.05, 3.63) is 24.3 Å². The Morgan fingerprint density at radius 2 is 1.79 bits per heavy atom. The lowest BCUT2D eigenvalue weighted by Crippen LogP contribution is -1.74. The highest BCUT2D eigenvalue weighted by Crippen LogP contribution is 1.93. The summed E-state index contributed by atoms with van der Waals surface area (Å²) in [6, 6.07) is 0. The van der Waals surface area contributed by atoms with Crippen LogP contribution in [0.3, 0.4) is 0 Å². The molecule has 0 bridgehead atoms. The van der Waals surface area contributed by atoms with Crippen LogP contribution in [-0.2, 0) is 4.79 Å². The SMILES string of the molecule is CCC=CC(C)C.CCCC=CC=O. The first-order valence-electron chi connectivity index (χ1n) is 5.45. The van der Waals surface area contributed by atoms with Crippen molar-refractivity contribution < 1.29 is 4.79 Å². The van der Waals surface area contributed by atoms with Crippen LogP contribution >= 0.6 is 0 Å². The third kappa shape index (κ3) is 22.5. The molecule has 0 aliphatic carbocycles. The molecule has 0 saturated carbocycles. The van der Waals surface area contributed by atoms with Crippen LogP contribution in [0, 0.1) is 5.92 Å². The maximum absolute atomic E-state index is 9.59. The molecule has 0 radical (unpaired) electrons. The minimum absolute atomic E-state index is 0.722. The van der Waals surface area contributed by atoms with Gasteiger partial charge in [0.2, 0.25) is 0 Å². The summed E-state index contributed by atoms with van der Waals surface area (Å²) in [5, 5.41) is 0. The molecule has 0 aromatic heterocycles. The van der Waals surface area contributed by atoms with Gasteiger partial charge in [-0.25, -0.2) is 0 Å². The van der Waals surface area contributed by atoms with Gasteiger partial charge in [-0.15, -0.1) is 0 Å². The predicted octanol–water partition coefficient (Wildman–Crippen LogP) is 4.15. The van der Waals surface area contributed by atoms with Crippen LogP contribution in [0.1, 0.15) is 47.0 Å². The predicted molar refractivity (Wildman–Crippen MR) is 64.4 cm³/mol. The van der Waals surface area contributed by atoms with E-state index in [9.17, 15) is 4.79 Å². The summed E-state index contributed by atoms with van der Waals surface area (Å²) in [6.45, 7) is 8.60. The Morgan fingerprint density at radius 1 is 1.14 bits per heavy atom. The fourth-order valence-electron chi connectivity index (χ4n) is 0.727. The van der Waals surface area contributed by atoms with Crippen molar-refractivity contribution >= 4 is 6.29 Å². The average molecular weight is 196 g/mol. The molecule has 0 unspecified atom stereocenters. The van der Waals surface area contributed by atoms with Crippen molar-refractivity contribution in [3.8, 4) is 0 Å². The third-order valence-corrected chi connectivity index (χ3v) is 1.43. The zero-order valence-electron chi connectivity index (χ0n) is 9.99. The van der Waals surface area contributed by atoms with E-state index in [0.29, 0.717) is 0 Å². The fraction of sp³-hybridized carbons (Fsp3) is 0.615. The van der Waals surface area contributed by atoms with Gasteiger partial charge in [0, 0.05) is 0 Å². The van der Waals surface area contributed by atoms with Crippen molar-refractivity contribution in [2.45, 2.75) is 47.0 Å². The van der Waals surface area contributed by atoms with Crippen molar-refractivity contribution in [2.75, 3.05) is 0 Å². The van der Waals surface area contributed by atoms with Gasteiger partial charge in [0.1, 0.15) is 6.29 Å². The van der Waals surface area contributed by atoms with Crippen LogP contribution in [0.4, 0.5) is 0 Å². The lowest BCUT2D eigenvalue weighted by Gasteiger charge is -1.88. The zero-order valence-corrected chi connectivity index (χ0v) is 9.99. The van der Waals surface area contributed by atoms with Crippen molar-refractivity contribution in [3.63, 3.8) is 0 Å². The van der Waals surface area contributed by atoms with Crippen molar-refractivity contribution in [1.29, 1.82) is 0 Å². The number of allylic oxidation sites excluding steroid dienone is 4. The van der Waals surface area contributed by atoms with Gasteiger partial charge in [-0.05, 0) is 24.8 Å². The van der Waals surface area contributed by atoms with Crippen LogP contribution in [0.5, 0.6) is 0 Å². The molecule has 0 aliphatic rings. The molecule has 0 aliphatic heterocycles. The quantitative estimate of drug-likeness (QED) is 0.367. The summed E-state index contributed by atoms with van der Waals surface area (Å²) >= 11 is 0. The van der Waals surface area contributed by atoms with E-state index in [4.69, 9.17) is 0 Å². The number of unbranched alkanes of at least 4 members (excludes halogenated alkanes) is 1. The molecule has 0 spiro atoms. The summed E-state index contributed by atoms with van der Waals surface area (Å²) in [5.74, 6) is 0.722. The number of hydrogen-bond donors (Lipinski definition) is 0. The van der Waals surface area contributed by atoms with Crippen molar-refractivity contribution in [1.82, 2.24) is 0 Å². The highest BCUT2D eigenvalue weighted by molar-refractivity contribution is 5.64. The zero-order chi connectivity index (χ0) is 11.2. The number of carbonyl (C=O) groups is 1. The van der Waals surface area contributed by atoms with Gasteiger partial charge in [0.25, 0.3) is 0 Å². The molecule has 0 N–H and O–H groups in total. The van der Waals surface area contributed by atoms with E-state index in [-0.39, 0.29) is 0 Å². The fourth-order valence-corrected chi connectivity index (χ4v) is 0.727. The number of aldehydes is 1. The van der Waals surface area contributed by atoms with E-state index in [2.05, 4.69) is 39.8 Å². The Hall–Kier alpha value is -0.850. The standard InChI is InChI=1S/C7H14.C6H10O/c1-4-5-6-7(2)3;1-2-3-4-5-6-7/h5-7H,4H2,1-3H3;4-6H,2-3H2,1H3. The second-order valence-electron chi connectivity index (χ2n) is 3.43. The monoisotopic (exact) mass is 196 g/mol. The van der Waals surface area contributed by atoms with Gasteiger partial charge in [-0.3, -0.25) is 4.79 Å². The first-order chi connectivity index (χ1) is 6.68. The van der Waals surface area contributed by atoms with Gasteiger partial charge in [0.15, 0.2) is 0 Å². The van der Waals surface area contributed by atoms with Crippen molar-refractivity contribution in [2.24, 2.45) is 5.92 Å². The second kappa shape index (κ2) is 14.7. The summed E-state index contributed by atoms with van der Waals surface area (Å²) in [7, 11) is 0. The molecule has 82 valence electrons. The van der Waals surface area contributed by atoms with Crippen LogP contribution in [0.15, 0.2) is 24.3 Å². The number of carbonyl (C=O) groups excluding carboxylic acids is 1. The lowest BCUT2D eigenvalue weighted by molar-refractivity contribution is -0.104. The minimum Gasteiger partial charge on any atom is -0.299 e. The van der Waals surface area contributed by atoms with E-state index in [1.807, 2.05) is 6.08 Å². The van der Waals surface area contributed by atoms with Gasteiger partial charge in [-0.1, -0.05) is 52.3 Å². The molecule has 0 aromatic carbocycles. The molecule has 1 heteroatoms. The largest absolute Gasteiger partial charge is 0.299 e. The number of rotatable bonds is 5. The summed E-state index contributed by atoms with van der Waals surface area (Å²) in [4.78, 5) is 9.59. The van der Waals surface area contributed by atoms with E-state index < -0.39 is 0 Å². The molecule has 0 rings (SSSR count). The van der Waals surface area contributed by atoms with Gasteiger partial charge in [-0.2, -0.15) is 0 Å². The second-order valence-corrected chi connectivity index (χ2v) is 3.43. The Bertz CT molecular complexity index is 155. The normalized spacial score (nSPS) is 10.6. The smallest absolute Gasteiger partial charge is 0.142 e. The van der Waals surface area contributed by atoms with E-state index >= 15 is 0 Å². The topological polar surface area (TPSA) is 17.1 Å². The molecular formula is C13H24O. The Morgan fingerprint density at radius 3 is 2.07 bits per heavy atom. The summed E-state index contributed by atoms with van der Waals surface area (Å²) in [6.07, 6.45) is 11.9. The molecule has 14 heavy (non-hydrogen) atoms. The Balaban J connectivity index is 0. The van der Waals surface area contributed by atoms with Gasteiger partial charge >= 0.3 is 0 Å². The maximum atomic E-state index is 9.59. The number of hydrogen-bond acceptors (Lipinski definition) is 1. The summed E-state index contributed by atoms with van der Waals surface area (Å²) in [5.41, 5.74) is 0. The molecule has 0 saturated heterocycles. The first kappa shape index (κ1) is 15.6. The Labute approximate surface area is 88.9 Å².